The molecule has 0 saturated carbocycles. The van der Waals surface area contributed by atoms with Crippen molar-refractivity contribution in [2.24, 2.45) is 0 Å². The van der Waals surface area contributed by atoms with Crippen molar-refractivity contribution in [2.75, 3.05) is 0 Å². The fraction of sp³-hybridized carbons (Fsp3) is 0.182. The first kappa shape index (κ1) is 14.3. The molecular formula is C11H11N3O5. The van der Waals surface area contributed by atoms with Gasteiger partial charge in [0.1, 0.15) is 0 Å². The van der Waals surface area contributed by atoms with Crippen LogP contribution in [0.3, 0.4) is 0 Å². The van der Waals surface area contributed by atoms with Gasteiger partial charge in [0.05, 0.1) is 0 Å². The molecule has 0 bridgehead atoms. The zero-order valence-corrected chi connectivity index (χ0v) is 10.3. The molecule has 1 aromatic heterocycles. The van der Waals surface area contributed by atoms with Gasteiger partial charge in [-0.15, -0.1) is 0 Å². The number of hydrogen-bond donors (Lipinski definition) is 1. The highest BCUT2D eigenvalue weighted by atomic mass is 16.2. The van der Waals surface area contributed by atoms with Crippen molar-refractivity contribution in [3.05, 3.63) is 55.8 Å². The molecule has 0 aliphatic rings. The van der Waals surface area contributed by atoms with Crippen LogP contribution in [-0.2, 0) is 0 Å². The number of aromatic amines is 1. The number of aromatic nitrogens is 3. The summed E-state index contributed by atoms with van der Waals surface area (Å²) < 4.78 is 0.259. The Balaban J connectivity index is 3.82. The van der Waals surface area contributed by atoms with E-state index in [4.69, 9.17) is 0 Å². The summed E-state index contributed by atoms with van der Waals surface area (Å²) in [5, 5.41) is 0. The number of nitrogens with zero attached hydrogens (tertiary/aromatic N) is 2. The molecule has 0 aliphatic heterocycles. The summed E-state index contributed by atoms with van der Waals surface area (Å²) in [4.78, 5) is 59.8. The highest BCUT2D eigenvalue weighted by Crippen LogP contribution is 1.91. The van der Waals surface area contributed by atoms with Crippen LogP contribution in [0.4, 0.5) is 0 Å². The zero-order chi connectivity index (χ0) is 14.9. The number of nitrogens with one attached hydrogen (secondary N) is 1. The lowest BCUT2D eigenvalue weighted by molar-refractivity contribution is 0.0919. The van der Waals surface area contributed by atoms with Gasteiger partial charge in [0.2, 0.25) is 0 Å². The van der Waals surface area contributed by atoms with Crippen molar-refractivity contribution >= 4 is 11.8 Å². The van der Waals surface area contributed by atoms with Crippen molar-refractivity contribution in [3.63, 3.8) is 0 Å². The van der Waals surface area contributed by atoms with Gasteiger partial charge in [-0.1, -0.05) is 13.2 Å². The highest BCUT2D eigenvalue weighted by molar-refractivity contribution is 5.96. The van der Waals surface area contributed by atoms with E-state index in [2.05, 4.69) is 13.2 Å². The second-order valence-electron chi connectivity index (χ2n) is 3.86. The topological polar surface area (TPSA) is 111 Å². The molecule has 100 valence electrons. The Labute approximate surface area is 106 Å². The second-order valence-corrected chi connectivity index (χ2v) is 3.86. The highest BCUT2D eigenvalue weighted by Gasteiger charge is 2.20. The minimum atomic E-state index is -1.35. The Morgan fingerprint density at radius 3 is 1.47 bits per heavy atom. The summed E-state index contributed by atoms with van der Waals surface area (Å²) in [5.74, 6) is -2.01. The van der Waals surface area contributed by atoms with E-state index in [1.165, 1.54) is 13.8 Å². The predicted molar refractivity (Wildman–Crippen MR) is 66.5 cm³/mol. The van der Waals surface area contributed by atoms with Crippen LogP contribution in [0, 0.1) is 0 Å². The molecule has 0 radical (unpaired) electrons. The lowest BCUT2D eigenvalue weighted by Gasteiger charge is -2.06. The fourth-order valence-electron chi connectivity index (χ4n) is 1.22. The first-order valence-electron chi connectivity index (χ1n) is 5.07. The van der Waals surface area contributed by atoms with E-state index in [0.717, 1.165) is 0 Å². The molecule has 1 aromatic rings. The standard InChI is InChI=1S/C11H11N3O5/c1-5(2)7(15)13-9(17)12-10(18)14(11(13)19)8(16)6(3)4/h1,3H2,2,4H3,(H,12,17,18). The van der Waals surface area contributed by atoms with E-state index in [9.17, 15) is 24.0 Å². The molecule has 0 spiro atoms. The Kier molecular flexibility index (Phi) is 3.64. The van der Waals surface area contributed by atoms with Gasteiger partial charge < -0.3 is 0 Å². The minimum absolute atomic E-state index is 0.0967. The molecule has 0 aliphatic carbocycles. The maximum Gasteiger partial charge on any atom is 0.350 e. The molecule has 8 nitrogen and oxygen atoms in total. The number of H-pyrrole nitrogens is 1. The maximum absolute atomic E-state index is 11.9. The van der Waals surface area contributed by atoms with Gasteiger partial charge in [-0.25, -0.2) is 14.4 Å². The van der Waals surface area contributed by atoms with E-state index >= 15 is 0 Å². The Hall–Kier alpha value is -2.77. The van der Waals surface area contributed by atoms with Crippen LogP contribution in [0.15, 0.2) is 38.7 Å². The zero-order valence-electron chi connectivity index (χ0n) is 10.3. The molecule has 1 N–H and O–H groups in total. The molecule has 0 aromatic carbocycles. The molecule has 0 atom stereocenters. The lowest BCUT2D eigenvalue weighted by Crippen LogP contribution is -2.53. The number of carbonyl (C=O) groups is 2. The van der Waals surface area contributed by atoms with Crippen molar-refractivity contribution in [1.29, 1.82) is 0 Å². The lowest BCUT2D eigenvalue weighted by atomic mass is 10.3. The minimum Gasteiger partial charge on any atom is -0.268 e. The van der Waals surface area contributed by atoms with Gasteiger partial charge >= 0.3 is 17.1 Å². The molecular weight excluding hydrogens is 254 g/mol. The summed E-state index contributed by atoms with van der Waals surface area (Å²) in [7, 11) is 0. The third-order valence-corrected chi connectivity index (χ3v) is 2.14. The van der Waals surface area contributed by atoms with Crippen molar-refractivity contribution in [2.45, 2.75) is 13.8 Å². The Bertz CT molecular complexity index is 713. The summed E-state index contributed by atoms with van der Waals surface area (Å²) in [6.07, 6.45) is 0. The van der Waals surface area contributed by atoms with Gasteiger partial charge in [0.15, 0.2) is 0 Å². The SMILES string of the molecule is C=C(C)C(=O)n1c(=O)[nH]c(=O)n(C(=O)C(=C)C)c1=O. The predicted octanol–water partition coefficient (Wildman–Crippen LogP) is -0.869. The van der Waals surface area contributed by atoms with Gasteiger partial charge in [0.25, 0.3) is 11.8 Å². The van der Waals surface area contributed by atoms with Crippen molar-refractivity contribution in [1.82, 2.24) is 14.1 Å². The summed E-state index contributed by atoms with van der Waals surface area (Å²) >= 11 is 0. The quantitative estimate of drug-likeness (QED) is 0.699. The molecule has 0 amide bonds. The number of carbonyl (C=O) groups excluding carboxylic acids is 2. The Morgan fingerprint density at radius 1 is 0.895 bits per heavy atom. The van der Waals surface area contributed by atoms with Crippen molar-refractivity contribution < 1.29 is 9.59 Å². The number of hydrogen-bond acceptors (Lipinski definition) is 5. The molecule has 1 heterocycles. The average molecular weight is 265 g/mol. The van der Waals surface area contributed by atoms with Gasteiger partial charge in [0, 0.05) is 11.1 Å². The fourth-order valence-corrected chi connectivity index (χ4v) is 1.22. The molecule has 0 fully saturated rings. The van der Waals surface area contributed by atoms with E-state index in [0.29, 0.717) is 0 Å². The maximum atomic E-state index is 11.9. The van der Waals surface area contributed by atoms with Gasteiger partial charge in [-0.05, 0) is 13.8 Å². The first-order chi connectivity index (χ1) is 8.68. The van der Waals surface area contributed by atoms with Crippen LogP contribution < -0.4 is 17.1 Å². The molecule has 1 rings (SSSR count). The van der Waals surface area contributed by atoms with Crippen LogP contribution in [0.2, 0.25) is 0 Å². The monoisotopic (exact) mass is 265 g/mol. The number of rotatable bonds is 2. The molecule has 19 heavy (non-hydrogen) atoms. The Morgan fingerprint density at radius 2 is 1.21 bits per heavy atom. The second kappa shape index (κ2) is 4.84. The van der Waals surface area contributed by atoms with Crippen LogP contribution in [0.5, 0.6) is 0 Å². The summed E-state index contributed by atoms with van der Waals surface area (Å²) in [5.41, 5.74) is -4.00. The van der Waals surface area contributed by atoms with Crippen molar-refractivity contribution in [3.8, 4) is 0 Å². The normalized spacial score (nSPS) is 10.0. The van der Waals surface area contributed by atoms with Gasteiger partial charge in [-0.2, -0.15) is 9.13 Å². The summed E-state index contributed by atoms with van der Waals surface area (Å²) in [6.45, 7) is 9.15. The third kappa shape index (κ3) is 2.41. The molecule has 0 saturated heterocycles. The van der Waals surface area contributed by atoms with E-state index < -0.39 is 28.9 Å². The number of allylic oxidation sites excluding steroid dienone is 2. The molecule has 0 unspecified atom stereocenters. The van der Waals surface area contributed by atoms with Crippen LogP contribution >= 0.6 is 0 Å². The third-order valence-electron chi connectivity index (χ3n) is 2.14. The largest absolute Gasteiger partial charge is 0.350 e. The van der Waals surface area contributed by atoms with E-state index in [-0.39, 0.29) is 20.3 Å². The van der Waals surface area contributed by atoms with Crippen LogP contribution in [0.1, 0.15) is 23.4 Å². The van der Waals surface area contributed by atoms with Gasteiger partial charge in [-0.3, -0.25) is 14.6 Å². The van der Waals surface area contributed by atoms with E-state index in [1.807, 2.05) is 0 Å². The molecule has 8 heteroatoms. The average Bonchev–Trinajstić information content (AvgIpc) is 2.27. The van der Waals surface area contributed by atoms with Crippen LogP contribution in [0.25, 0.3) is 0 Å². The first-order valence-corrected chi connectivity index (χ1v) is 5.07. The smallest absolute Gasteiger partial charge is 0.268 e. The van der Waals surface area contributed by atoms with Crippen LogP contribution in [-0.4, -0.2) is 25.9 Å². The van der Waals surface area contributed by atoms with E-state index in [1.54, 1.807) is 4.98 Å². The summed E-state index contributed by atoms with van der Waals surface area (Å²) in [6, 6.07) is 0.